The number of amides is 1. The van der Waals surface area contributed by atoms with Crippen LogP contribution in [0.25, 0.3) is 22.2 Å². The van der Waals surface area contributed by atoms with Crippen molar-refractivity contribution >= 4 is 16.8 Å². The van der Waals surface area contributed by atoms with Crippen LogP contribution in [0.15, 0.2) is 115 Å². The van der Waals surface area contributed by atoms with Crippen molar-refractivity contribution in [1.29, 1.82) is 0 Å². The SMILES string of the molecule is CCc1ccc(-c2cc(C(=O)N(Cc3ccccc3)Cc3ccccc3)c3ccccc3n2)cc1. The molecular weight excluding hydrogens is 428 g/mol. The fraction of sp³-hybridized carbons (Fsp3) is 0.125. The Hall–Kier alpha value is -4.24. The van der Waals surface area contributed by atoms with Gasteiger partial charge in [-0.1, -0.05) is 110 Å². The molecule has 0 atom stereocenters. The zero-order valence-electron chi connectivity index (χ0n) is 19.9. The number of carbonyl (C=O) groups excluding carboxylic acids is 1. The van der Waals surface area contributed by atoms with E-state index in [-0.39, 0.29) is 5.91 Å². The summed E-state index contributed by atoms with van der Waals surface area (Å²) in [6.45, 7) is 3.21. The molecule has 1 heterocycles. The van der Waals surface area contributed by atoms with E-state index in [1.165, 1.54) is 5.56 Å². The zero-order valence-corrected chi connectivity index (χ0v) is 19.9. The summed E-state index contributed by atoms with van der Waals surface area (Å²) in [5.41, 5.74) is 6.82. The molecule has 5 rings (SSSR count). The first-order valence-corrected chi connectivity index (χ1v) is 12.1. The highest BCUT2D eigenvalue weighted by Gasteiger charge is 2.21. The smallest absolute Gasteiger partial charge is 0.255 e. The molecule has 1 amide bonds. The van der Waals surface area contributed by atoms with Gasteiger partial charge in [0.2, 0.25) is 0 Å². The first-order chi connectivity index (χ1) is 17.2. The van der Waals surface area contributed by atoms with Crippen molar-refractivity contribution in [3.63, 3.8) is 0 Å². The van der Waals surface area contributed by atoms with Crippen LogP contribution in [0.5, 0.6) is 0 Å². The normalized spacial score (nSPS) is 10.9. The van der Waals surface area contributed by atoms with E-state index < -0.39 is 0 Å². The van der Waals surface area contributed by atoms with Crippen LogP contribution in [-0.2, 0) is 19.5 Å². The molecule has 172 valence electrons. The van der Waals surface area contributed by atoms with Gasteiger partial charge in [-0.2, -0.15) is 0 Å². The van der Waals surface area contributed by atoms with Gasteiger partial charge >= 0.3 is 0 Å². The van der Waals surface area contributed by atoms with Gasteiger partial charge in [-0.15, -0.1) is 0 Å². The minimum Gasteiger partial charge on any atom is -0.330 e. The summed E-state index contributed by atoms with van der Waals surface area (Å²) in [6, 6.07) is 38.6. The van der Waals surface area contributed by atoms with Crippen molar-refractivity contribution < 1.29 is 4.79 Å². The maximum atomic E-state index is 14.1. The van der Waals surface area contributed by atoms with E-state index in [1.54, 1.807) is 0 Å². The molecule has 35 heavy (non-hydrogen) atoms. The van der Waals surface area contributed by atoms with E-state index in [9.17, 15) is 4.79 Å². The summed E-state index contributed by atoms with van der Waals surface area (Å²) in [7, 11) is 0. The lowest BCUT2D eigenvalue weighted by molar-refractivity contribution is 0.0732. The molecule has 0 aliphatic heterocycles. The highest BCUT2D eigenvalue weighted by molar-refractivity contribution is 6.07. The van der Waals surface area contributed by atoms with Crippen LogP contribution >= 0.6 is 0 Å². The van der Waals surface area contributed by atoms with Gasteiger partial charge in [0.15, 0.2) is 0 Å². The second-order valence-electron chi connectivity index (χ2n) is 8.76. The lowest BCUT2D eigenvalue weighted by Crippen LogP contribution is -2.30. The second-order valence-corrected chi connectivity index (χ2v) is 8.76. The summed E-state index contributed by atoms with van der Waals surface area (Å²) in [4.78, 5) is 21.0. The standard InChI is InChI=1S/C32H28N2O/c1-2-24-17-19-27(20-18-24)31-21-29(28-15-9-10-16-30(28)33-31)32(35)34(22-25-11-5-3-6-12-25)23-26-13-7-4-8-14-26/h3-21H,2,22-23H2,1H3. The Balaban J connectivity index is 1.58. The summed E-state index contributed by atoms with van der Waals surface area (Å²) >= 11 is 0. The van der Waals surface area contributed by atoms with E-state index >= 15 is 0 Å². The summed E-state index contributed by atoms with van der Waals surface area (Å²) in [5, 5.41) is 0.873. The van der Waals surface area contributed by atoms with Crippen LogP contribution in [0.3, 0.4) is 0 Å². The van der Waals surface area contributed by atoms with E-state index in [2.05, 4.69) is 55.5 Å². The van der Waals surface area contributed by atoms with Crippen molar-refractivity contribution in [3.05, 3.63) is 138 Å². The molecule has 0 radical (unpaired) electrons. The summed E-state index contributed by atoms with van der Waals surface area (Å²) in [5.74, 6) is 0.00253. The average Bonchev–Trinajstić information content (AvgIpc) is 2.93. The quantitative estimate of drug-likeness (QED) is 0.257. The number of aryl methyl sites for hydroxylation is 1. The van der Waals surface area contributed by atoms with E-state index in [0.717, 1.165) is 39.7 Å². The molecule has 3 nitrogen and oxygen atoms in total. The minimum absolute atomic E-state index is 0.00253. The highest BCUT2D eigenvalue weighted by Crippen LogP contribution is 2.27. The predicted octanol–water partition coefficient (Wildman–Crippen LogP) is 7.31. The number of carbonyl (C=O) groups is 1. The number of hydrogen-bond acceptors (Lipinski definition) is 2. The molecule has 0 aliphatic rings. The number of rotatable bonds is 7. The number of fused-ring (bicyclic) bond motifs is 1. The fourth-order valence-electron chi connectivity index (χ4n) is 4.39. The van der Waals surface area contributed by atoms with E-state index in [4.69, 9.17) is 4.98 Å². The number of pyridine rings is 1. The second kappa shape index (κ2) is 10.4. The molecule has 1 aromatic heterocycles. The van der Waals surface area contributed by atoms with Crippen molar-refractivity contribution in [2.75, 3.05) is 0 Å². The molecule has 0 spiro atoms. The largest absolute Gasteiger partial charge is 0.330 e. The van der Waals surface area contributed by atoms with Gasteiger partial charge in [0.1, 0.15) is 0 Å². The van der Waals surface area contributed by atoms with Crippen molar-refractivity contribution in [1.82, 2.24) is 9.88 Å². The number of nitrogens with zero attached hydrogens (tertiary/aromatic N) is 2. The van der Waals surface area contributed by atoms with Gasteiger partial charge in [0.05, 0.1) is 16.8 Å². The van der Waals surface area contributed by atoms with Crippen LogP contribution in [0.1, 0.15) is 34.0 Å². The lowest BCUT2D eigenvalue weighted by Gasteiger charge is -2.24. The molecule has 4 aromatic carbocycles. The third-order valence-corrected chi connectivity index (χ3v) is 6.32. The van der Waals surface area contributed by atoms with Gasteiger partial charge in [-0.25, -0.2) is 4.98 Å². The Morgan fingerprint density at radius 3 is 1.86 bits per heavy atom. The zero-order chi connectivity index (χ0) is 24.0. The Kier molecular flexibility index (Phi) is 6.67. The molecule has 0 bridgehead atoms. The van der Waals surface area contributed by atoms with E-state index in [1.807, 2.05) is 71.6 Å². The number of para-hydroxylation sites is 1. The molecule has 0 aliphatic carbocycles. The molecule has 0 fully saturated rings. The first-order valence-electron chi connectivity index (χ1n) is 12.1. The van der Waals surface area contributed by atoms with Crippen molar-refractivity contribution in [2.24, 2.45) is 0 Å². The number of aromatic nitrogens is 1. The first kappa shape index (κ1) is 22.5. The average molecular weight is 457 g/mol. The maximum Gasteiger partial charge on any atom is 0.255 e. The molecule has 0 unspecified atom stereocenters. The third-order valence-electron chi connectivity index (χ3n) is 6.32. The Bertz CT molecular complexity index is 1390. The van der Waals surface area contributed by atoms with Gasteiger partial charge < -0.3 is 4.90 Å². The molecule has 3 heteroatoms. The third kappa shape index (κ3) is 5.15. The minimum atomic E-state index is 0.00253. The molecule has 0 saturated heterocycles. The van der Waals surface area contributed by atoms with Gasteiger partial charge in [-0.3, -0.25) is 4.79 Å². The molecule has 0 N–H and O–H groups in total. The monoisotopic (exact) mass is 456 g/mol. The fourth-order valence-corrected chi connectivity index (χ4v) is 4.39. The lowest BCUT2D eigenvalue weighted by atomic mass is 10.0. The predicted molar refractivity (Wildman–Crippen MR) is 143 cm³/mol. The Morgan fingerprint density at radius 2 is 1.26 bits per heavy atom. The van der Waals surface area contributed by atoms with Crippen LogP contribution < -0.4 is 0 Å². The van der Waals surface area contributed by atoms with Crippen molar-refractivity contribution in [2.45, 2.75) is 26.4 Å². The number of hydrogen-bond donors (Lipinski definition) is 0. The van der Waals surface area contributed by atoms with E-state index in [0.29, 0.717) is 18.7 Å². The summed E-state index contributed by atoms with van der Waals surface area (Å²) < 4.78 is 0. The van der Waals surface area contributed by atoms with Crippen LogP contribution in [-0.4, -0.2) is 15.8 Å². The summed E-state index contributed by atoms with van der Waals surface area (Å²) in [6.07, 6.45) is 0.989. The molecular formula is C32H28N2O. The highest BCUT2D eigenvalue weighted by atomic mass is 16.2. The van der Waals surface area contributed by atoms with Gasteiger partial charge in [-0.05, 0) is 35.2 Å². The number of benzene rings is 4. The van der Waals surface area contributed by atoms with Crippen LogP contribution in [0.2, 0.25) is 0 Å². The maximum absolute atomic E-state index is 14.1. The van der Waals surface area contributed by atoms with Crippen LogP contribution in [0.4, 0.5) is 0 Å². The van der Waals surface area contributed by atoms with Crippen molar-refractivity contribution in [3.8, 4) is 11.3 Å². The Labute approximate surface area is 206 Å². The topological polar surface area (TPSA) is 33.2 Å². The van der Waals surface area contributed by atoms with Crippen LogP contribution in [0, 0.1) is 0 Å². The molecule has 0 saturated carbocycles. The molecule has 5 aromatic rings. The van der Waals surface area contributed by atoms with Gasteiger partial charge in [0.25, 0.3) is 5.91 Å². The van der Waals surface area contributed by atoms with Gasteiger partial charge in [0, 0.05) is 24.0 Å². The Morgan fingerprint density at radius 1 is 0.686 bits per heavy atom.